The Morgan fingerprint density at radius 3 is 2.76 bits per heavy atom. The molecular formula is C12H22BrN3S. The number of rotatable bonds is 7. The maximum Gasteiger partial charge on any atom is 0.0701 e. The van der Waals surface area contributed by atoms with E-state index in [-0.39, 0.29) is 6.04 Å². The molecule has 2 N–H and O–H groups in total. The predicted octanol–water partition coefficient (Wildman–Crippen LogP) is 3.44. The number of halogens is 1. The molecule has 5 heteroatoms. The number of hydrogen-bond donors (Lipinski definition) is 1. The van der Waals surface area contributed by atoms with Crippen molar-refractivity contribution in [1.82, 2.24) is 9.78 Å². The summed E-state index contributed by atoms with van der Waals surface area (Å²) < 4.78 is 3.05. The third-order valence-electron chi connectivity index (χ3n) is 2.37. The minimum absolute atomic E-state index is 0.0576. The molecule has 0 spiro atoms. The SMILES string of the molecule is CCCn1ncc(Br)c1C(N)CSCC(C)C. The van der Waals surface area contributed by atoms with Crippen molar-refractivity contribution in [3.8, 4) is 0 Å². The van der Waals surface area contributed by atoms with Crippen LogP contribution in [-0.2, 0) is 6.54 Å². The second-order valence-electron chi connectivity index (χ2n) is 4.64. The Kier molecular flexibility index (Phi) is 6.59. The van der Waals surface area contributed by atoms with Crippen LogP contribution >= 0.6 is 27.7 Å². The second kappa shape index (κ2) is 7.44. The van der Waals surface area contributed by atoms with Gasteiger partial charge in [-0.1, -0.05) is 20.8 Å². The van der Waals surface area contributed by atoms with Gasteiger partial charge in [-0.05, 0) is 34.0 Å². The fourth-order valence-corrected chi connectivity index (χ4v) is 3.25. The molecule has 1 rings (SSSR count). The van der Waals surface area contributed by atoms with Gasteiger partial charge in [0.15, 0.2) is 0 Å². The summed E-state index contributed by atoms with van der Waals surface area (Å²) in [5.74, 6) is 2.83. The Bertz CT molecular complexity index is 338. The van der Waals surface area contributed by atoms with Gasteiger partial charge in [0.2, 0.25) is 0 Å². The first-order chi connectivity index (χ1) is 8.06. The highest BCUT2D eigenvalue weighted by molar-refractivity contribution is 9.10. The average Bonchev–Trinajstić information content (AvgIpc) is 2.60. The average molecular weight is 320 g/mol. The molecule has 0 amide bonds. The van der Waals surface area contributed by atoms with Crippen molar-refractivity contribution in [2.45, 2.75) is 39.8 Å². The largest absolute Gasteiger partial charge is 0.322 e. The maximum atomic E-state index is 6.25. The molecule has 0 saturated carbocycles. The van der Waals surface area contributed by atoms with E-state index in [0.29, 0.717) is 0 Å². The normalized spacial score (nSPS) is 13.3. The van der Waals surface area contributed by atoms with Crippen LogP contribution in [-0.4, -0.2) is 21.3 Å². The van der Waals surface area contributed by atoms with Crippen molar-refractivity contribution < 1.29 is 0 Å². The molecule has 0 aromatic carbocycles. The molecule has 1 aromatic heterocycles. The Morgan fingerprint density at radius 1 is 1.47 bits per heavy atom. The highest BCUT2D eigenvalue weighted by Gasteiger charge is 2.16. The zero-order valence-corrected chi connectivity index (χ0v) is 13.2. The molecule has 1 unspecified atom stereocenters. The summed E-state index contributed by atoms with van der Waals surface area (Å²) >= 11 is 5.45. The van der Waals surface area contributed by atoms with Crippen LogP contribution in [0.3, 0.4) is 0 Å². The van der Waals surface area contributed by atoms with E-state index in [1.165, 1.54) is 0 Å². The Hall–Kier alpha value is -0.0000000000000000555. The number of aromatic nitrogens is 2. The van der Waals surface area contributed by atoms with Gasteiger partial charge in [-0.2, -0.15) is 16.9 Å². The van der Waals surface area contributed by atoms with Crippen LogP contribution in [0.15, 0.2) is 10.7 Å². The summed E-state index contributed by atoms with van der Waals surface area (Å²) in [6.45, 7) is 7.55. The van der Waals surface area contributed by atoms with E-state index in [4.69, 9.17) is 5.73 Å². The van der Waals surface area contributed by atoms with E-state index in [9.17, 15) is 0 Å². The van der Waals surface area contributed by atoms with Crippen molar-refractivity contribution in [3.05, 3.63) is 16.4 Å². The lowest BCUT2D eigenvalue weighted by Crippen LogP contribution is -2.19. The van der Waals surface area contributed by atoms with E-state index < -0.39 is 0 Å². The molecule has 1 atom stereocenters. The van der Waals surface area contributed by atoms with E-state index in [2.05, 4.69) is 41.8 Å². The summed E-state index contributed by atoms with van der Waals surface area (Å²) in [5.41, 5.74) is 7.37. The quantitative estimate of drug-likeness (QED) is 0.837. The minimum atomic E-state index is 0.0576. The smallest absolute Gasteiger partial charge is 0.0701 e. The van der Waals surface area contributed by atoms with Gasteiger partial charge in [-0.3, -0.25) is 4.68 Å². The molecule has 3 nitrogen and oxygen atoms in total. The molecule has 98 valence electrons. The standard InChI is InChI=1S/C12H22BrN3S/c1-4-5-16-12(10(13)6-15-16)11(14)8-17-7-9(2)3/h6,9,11H,4-5,7-8,14H2,1-3H3. The predicted molar refractivity (Wildman–Crippen MR) is 79.3 cm³/mol. The van der Waals surface area contributed by atoms with Crippen molar-refractivity contribution in [3.63, 3.8) is 0 Å². The number of nitrogens with two attached hydrogens (primary N) is 1. The van der Waals surface area contributed by atoms with Crippen LogP contribution in [0.25, 0.3) is 0 Å². The number of hydrogen-bond acceptors (Lipinski definition) is 3. The van der Waals surface area contributed by atoms with Gasteiger partial charge in [0.1, 0.15) is 0 Å². The first-order valence-corrected chi connectivity index (χ1v) is 8.05. The summed E-state index contributed by atoms with van der Waals surface area (Å²) in [6, 6.07) is 0.0576. The lowest BCUT2D eigenvalue weighted by atomic mass is 10.2. The van der Waals surface area contributed by atoms with Crippen molar-refractivity contribution >= 4 is 27.7 Å². The molecular weight excluding hydrogens is 298 g/mol. The summed E-state index contributed by atoms with van der Waals surface area (Å²) in [6.07, 6.45) is 2.92. The van der Waals surface area contributed by atoms with E-state index in [1.54, 1.807) is 0 Å². The maximum absolute atomic E-state index is 6.25. The van der Waals surface area contributed by atoms with E-state index in [1.807, 2.05) is 22.6 Å². The second-order valence-corrected chi connectivity index (χ2v) is 6.57. The monoisotopic (exact) mass is 319 g/mol. The minimum Gasteiger partial charge on any atom is -0.322 e. The van der Waals surface area contributed by atoms with Crippen molar-refractivity contribution in [2.24, 2.45) is 11.7 Å². The molecule has 17 heavy (non-hydrogen) atoms. The van der Waals surface area contributed by atoms with Gasteiger partial charge in [-0.25, -0.2) is 0 Å². The highest BCUT2D eigenvalue weighted by atomic mass is 79.9. The third kappa shape index (κ3) is 4.64. The fourth-order valence-electron chi connectivity index (χ4n) is 1.64. The number of nitrogens with zero attached hydrogens (tertiary/aromatic N) is 2. The van der Waals surface area contributed by atoms with Crippen LogP contribution in [0.4, 0.5) is 0 Å². The summed E-state index contributed by atoms with van der Waals surface area (Å²) in [7, 11) is 0. The van der Waals surface area contributed by atoms with Crippen LogP contribution < -0.4 is 5.73 Å². The molecule has 0 aliphatic carbocycles. The summed E-state index contributed by atoms with van der Waals surface area (Å²) in [5, 5.41) is 4.35. The van der Waals surface area contributed by atoms with Gasteiger partial charge < -0.3 is 5.73 Å². The van der Waals surface area contributed by atoms with Gasteiger partial charge in [0, 0.05) is 12.3 Å². The molecule has 1 aromatic rings. The molecule has 0 saturated heterocycles. The lowest BCUT2D eigenvalue weighted by Gasteiger charge is -2.15. The topological polar surface area (TPSA) is 43.8 Å². The van der Waals surface area contributed by atoms with E-state index in [0.717, 1.165) is 40.6 Å². The zero-order valence-electron chi connectivity index (χ0n) is 10.8. The molecule has 0 aliphatic rings. The van der Waals surface area contributed by atoms with Gasteiger partial charge in [0.05, 0.1) is 22.4 Å². The molecule has 1 heterocycles. The van der Waals surface area contributed by atoms with Gasteiger partial charge in [-0.15, -0.1) is 0 Å². The van der Waals surface area contributed by atoms with Crippen LogP contribution in [0, 0.1) is 5.92 Å². The van der Waals surface area contributed by atoms with Gasteiger partial charge >= 0.3 is 0 Å². The molecule has 0 radical (unpaired) electrons. The van der Waals surface area contributed by atoms with E-state index >= 15 is 0 Å². The Balaban J connectivity index is 2.60. The van der Waals surface area contributed by atoms with Crippen LogP contribution in [0.2, 0.25) is 0 Å². The molecule has 0 aliphatic heterocycles. The zero-order chi connectivity index (χ0) is 12.8. The van der Waals surface area contributed by atoms with Crippen LogP contribution in [0.5, 0.6) is 0 Å². The third-order valence-corrected chi connectivity index (χ3v) is 4.48. The first kappa shape index (κ1) is 15.1. The Morgan fingerprint density at radius 2 is 2.18 bits per heavy atom. The fraction of sp³-hybridized carbons (Fsp3) is 0.750. The summed E-state index contributed by atoms with van der Waals surface area (Å²) in [4.78, 5) is 0. The van der Waals surface area contributed by atoms with Gasteiger partial charge in [0.25, 0.3) is 0 Å². The number of thioether (sulfide) groups is 1. The molecule has 0 bridgehead atoms. The van der Waals surface area contributed by atoms with Crippen molar-refractivity contribution in [1.29, 1.82) is 0 Å². The molecule has 0 fully saturated rings. The number of aryl methyl sites for hydroxylation is 1. The van der Waals surface area contributed by atoms with Crippen LogP contribution in [0.1, 0.15) is 38.9 Å². The van der Waals surface area contributed by atoms with Crippen molar-refractivity contribution in [2.75, 3.05) is 11.5 Å². The lowest BCUT2D eigenvalue weighted by molar-refractivity contribution is 0.553. The first-order valence-electron chi connectivity index (χ1n) is 6.10. The highest BCUT2D eigenvalue weighted by Crippen LogP contribution is 2.25. The Labute approximate surface area is 117 Å².